The molecule has 1 aliphatic rings. The maximum atomic E-state index is 6.25. The van der Waals surface area contributed by atoms with Crippen LogP contribution in [0.25, 0.3) is 0 Å². The predicted molar refractivity (Wildman–Crippen MR) is 66.9 cm³/mol. The monoisotopic (exact) mass is 212 g/mol. The molecule has 0 aliphatic carbocycles. The molecule has 1 fully saturated rings. The molecular formula is C13H28N2. The van der Waals surface area contributed by atoms with Crippen LogP contribution in [0, 0.1) is 5.41 Å². The number of nitrogens with two attached hydrogens (primary N) is 1. The van der Waals surface area contributed by atoms with E-state index in [0.29, 0.717) is 0 Å². The summed E-state index contributed by atoms with van der Waals surface area (Å²) in [7, 11) is 0. The Hall–Kier alpha value is -0.0800. The van der Waals surface area contributed by atoms with E-state index >= 15 is 0 Å². The van der Waals surface area contributed by atoms with Crippen molar-refractivity contribution in [2.75, 3.05) is 13.1 Å². The van der Waals surface area contributed by atoms with E-state index in [1.54, 1.807) is 0 Å². The lowest BCUT2D eigenvalue weighted by Crippen LogP contribution is -2.48. The zero-order valence-electron chi connectivity index (χ0n) is 10.9. The van der Waals surface area contributed by atoms with Crippen molar-refractivity contribution in [1.29, 1.82) is 0 Å². The number of hydrogen-bond acceptors (Lipinski definition) is 2. The quantitative estimate of drug-likeness (QED) is 0.762. The van der Waals surface area contributed by atoms with Gasteiger partial charge in [-0.05, 0) is 31.7 Å². The van der Waals surface area contributed by atoms with Gasteiger partial charge in [-0.2, -0.15) is 0 Å². The van der Waals surface area contributed by atoms with Gasteiger partial charge in [0.2, 0.25) is 0 Å². The molecule has 1 saturated heterocycles. The molecule has 2 heteroatoms. The summed E-state index contributed by atoms with van der Waals surface area (Å²) in [6, 6.07) is 1.01. The maximum Gasteiger partial charge on any atom is 0.0217 e. The second kappa shape index (κ2) is 5.31. The van der Waals surface area contributed by atoms with Gasteiger partial charge in [-0.1, -0.05) is 33.6 Å². The Morgan fingerprint density at radius 2 is 1.93 bits per heavy atom. The number of likely N-dealkylation sites (tertiary alicyclic amines) is 1. The van der Waals surface area contributed by atoms with E-state index in [0.717, 1.165) is 12.6 Å². The van der Waals surface area contributed by atoms with Crippen LogP contribution in [-0.4, -0.2) is 30.1 Å². The number of nitrogens with zero attached hydrogens (tertiary/aromatic N) is 1. The molecule has 15 heavy (non-hydrogen) atoms. The third-order valence-electron chi connectivity index (χ3n) is 3.73. The molecule has 0 aromatic rings. The second-order valence-corrected chi connectivity index (χ2v) is 6.17. The SMILES string of the molecule is CC1CCCCCN1CC(N)C(C)(C)C. The highest BCUT2D eigenvalue weighted by molar-refractivity contribution is 4.83. The molecule has 0 aromatic carbocycles. The molecule has 0 radical (unpaired) electrons. The van der Waals surface area contributed by atoms with E-state index in [4.69, 9.17) is 5.73 Å². The van der Waals surface area contributed by atoms with Gasteiger partial charge < -0.3 is 5.73 Å². The molecule has 0 aromatic heterocycles. The zero-order valence-corrected chi connectivity index (χ0v) is 10.9. The smallest absolute Gasteiger partial charge is 0.0217 e. The first-order valence-corrected chi connectivity index (χ1v) is 6.41. The van der Waals surface area contributed by atoms with Crippen LogP contribution in [0.15, 0.2) is 0 Å². The Bertz CT molecular complexity index is 183. The number of rotatable bonds is 2. The average molecular weight is 212 g/mol. The molecule has 0 spiro atoms. The summed E-state index contributed by atoms with van der Waals surface area (Å²) in [5, 5.41) is 0. The van der Waals surface area contributed by atoms with Crippen molar-refractivity contribution in [2.24, 2.45) is 11.1 Å². The van der Waals surface area contributed by atoms with Crippen molar-refractivity contribution in [3.05, 3.63) is 0 Å². The highest BCUT2D eigenvalue weighted by atomic mass is 15.2. The average Bonchev–Trinajstić information content (AvgIpc) is 2.30. The van der Waals surface area contributed by atoms with Crippen LogP contribution in [0.1, 0.15) is 53.4 Å². The Morgan fingerprint density at radius 1 is 1.27 bits per heavy atom. The molecule has 2 unspecified atom stereocenters. The molecule has 1 heterocycles. The van der Waals surface area contributed by atoms with E-state index in [9.17, 15) is 0 Å². The Morgan fingerprint density at radius 3 is 2.53 bits per heavy atom. The summed E-state index contributed by atoms with van der Waals surface area (Å²) >= 11 is 0. The van der Waals surface area contributed by atoms with Gasteiger partial charge in [0, 0.05) is 18.6 Å². The van der Waals surface area contributed by atoms with E-state index in [2.05, 4.69) is 32.6 Å². The van der Waals surface area contributed by atoms with Gasteiger partial charge in [0.15, 0.2) is 0 Å². The molecule has 90 valence electrons. The van der Waals surface area contributed by atoms with Gasteiger partial charge in [-0.15, -0.1) is 0 Å². The summed E-state index contributed by atoms with van der Waals surface area (Å²) < 4.78 is 0. The van der Waals surface area contributed by atoms with Gasteiger partial charge >= 0.3 is 0 Å². The molecule has 2 atom stereocenters. The minimum Gasteiger partial charge on any atom is -0.326 e. The predicted octanol–water partition coefficient (Wildman–Crippen LogP) is 2.62. The fraction of sp³-hybridized carbons (Fsp3) is 1.00. The molecule has 0 saturated carbocycles. The van der Waals surface area contributed by atoms with Crippen LogP contribution in [0.2, 0.25) is 0 Å². The first kappa shape index (κ1) is 13.0. The topological polar surface area (TPSA) is 29.3 Å². The molecule has 1 aliphatic heterocycles. The van der Waals surface area contributed by atoms with Crippen LogP contribution in [-0.2, 0) is 0 Å². The highest BCUT2D eigenvalue weighted by Crippen LogP contribution is 2.22. The largest absolute Gasteiger partial charge is 0.326 e. The van der Waals surface area contributed by atoms with Crippen molar-refractivity contribution < 1.29 is 0 Å². The van der Waals surface area contributed by atoms with Crippen molar-refractivity contribution >= 4 is 0 Å². The minimum atomic E-state index is 0.228. The molecular weight excluding hydrogens is 184 g/mol. The summed E-state index contributed by atoms with van der Waals surface area (Å²) in [5.41, 5.74) is 6.48. The summed E-state index contributed by atoms with van der Waals surface area (Å²) in [6.07, 6.45) is 5.48. The van der Waals surface area contributed by atoms with Crippen LogP contribution in [0.3, 0.4) is 0 Å². The lowest BCUT2D eigenvalue weighted by Gasteiger charge is -2.35. The van der Waals surface area contributed by atoms with Crippen LogP contribution in [0.4, 0.5) is 0 Å². The normalized spacial score (nSPS) is 27.4. The fourth-order valence-corrected chi connectivity index (χ4v) is 2.13. The summed E-state index contributed by atoms with van der Waals surface area (Å²) in [4.78, 5) is 2.59. The molecule has 0 amide bonds. The summed E-state index contributed by atoms with van der Waals surface area (Å²) in [5.74, 6) is 0. The van der Waals surface area contributed by atoms with E-state index < -0.39 is 0 Å². The first-order chi connectivity index (χ1) is 6.91. The van der Waals surface area contributed by atoms with Crippen molar-refractivity contribution in [1.82, 2.24) is 4.90 Å². The molecule has 2 nitrogen and oxygen atoms in total. The fourth-order valence-electron chi connectivity index (χ4n) is 2.13. The third-order valence-corrected chi connectivity index (χ3v) is 3.73. The molecule has 0 bridgehead atoms. The van der Waals surface area contributed by atoms with E-state index in [1.165, 1.54) is 32.2 Å². The summed E-state index contributed by atoms with van der Waals surface area (Å²) in [6.45, 7) is 11.4. The van der Waals surface area contributed by atoms with Crippen LogP contribution < -0.4 is 5.73 Å². The standard InChI is InChI=1S/C13H28N2/c1-11-8-6-5-7-9-15(11)10-12(14)13(2,3)4/h11-12H,5-10,14H2,1-4H3. The zero-order chi connectivity index (χ0) is 11.5. The molecule has 1 rings (SSSR count). The van der Waals surface area contributed by atoms with Gasteiger partial charge in [0.05, 0.1) is 0 Å². The molecule has 2 N–H and O–H groups in total. The van der Waals surface area contributed by atoms with Crippen molar-refractivity contribution in [3.8, 4) is 0 Å². The highest BCUT2D eigenvalue weighted by Gasteiger charge is 2.25. The second-order valence-electron chi connectivity index (χ2n) is 6.17. The van der Waals surface area contributed by atoms with Gasteiger partial charge in [0.1, 0.15) is 0 Å². The van der Waals surface area contributed by atoms with Crippen LogP contribution >= 0.6 is 0 Å². The Kier molecular flexibility index (Phi) is 4.60. The van der Waals surface area contributed by atoms with Crippen molar-refractivity contribution in [3.63, 3.8) is 0 Å². The first-order valence-electron chi connectivity index (χ1n) is 6.41. The lowest BCUT2D eigenvalue weighted by molar-refractivity contribution is 0.161. The van der Waals surface area contributed by atoms with Gasteiger partial charge in [-0.3, -0.25) is 4.90 Å². The van der Waals surface area contributed by atoms with Gasteiger partial charge in [-0.25, -0.2) is 0 Å². The van der Waals surface area contributed by atoms with Crippen LogP contribution in [0.5, 0.6) is 0 Å². The Labute approximate surface area is 95.2 Å². The van der Waals surface area contributed by atoms with Gasteiger partial charge in [0.25, 0.3) is 0 Å². The van der Waals surface area contributed by atoms with Crippen molar-refractivity contribution in [2.45, 2.75) is 65.5 Å². The number of hydrogen-bond donors (Lipinski definition) is 1. The maximum absolute atomic E-state index is 6.25. The van der Waals surface area contributed by atoms with E-state index in [1.807, 2.05) is 0 Å². The Balaban J connectivity index is 2.48. The lowest BCUT2D eigenvalue weighted by atomic mass is 9.87. The minimum absolute atomic E-state index is 0.228. The van der Waals surface area contributed by atoms with E-state index in [-0.39, 0.29) is 11.5 Å². The third kappa shape index (κ3) is 4.12.